The molecule has 3 aromatic rings. The van der Waals surface area contributed by atoms with E-state index in [9.17, 15) is 9.59 Å². The maximum absolute atomic E-state index is 12.0. The number of aryl methyl sites for hydroxylation is 1. The van der Waals surface area contributed by atoms with Gasteiger partial charge in [0.2, 0.25) is 10.1 Å². The molecule has 2 heterocycles. The fourth-order valence-corrected chi connectivity index (χ4v) is 3.07. The molecule has 0 saturated heterocycles. The molecular weight excluding hydrogens is 328 g/mol. The van der Waals surface area contributed by atoms with E-state index in [1.807, 2.05) is 6.92 Å². The van der Waals surface area contributed by atoms with Gasteiger partial charge in [0, 0.05) is 18.3 Å². The normalized spacial score (nSPS) is 10.9. The van der Waals surface area contributed by atoms with E-state index >= 15 is 0 Å². The second-order valence-electron chi connectivity index (χ2n) is 5.29. The average molecular weight is 344 g/mol. The minimum atomic E-state index is -0.950. The van der Waals surface area contributed by atoms with Gasteiger partial charge in [0.1, 0.15) is 0 Å². The van der Waals surface area contributed by atoms with E-state index in [4.69, 9.17) is 5.11 Å². The number of aromatic nitrogens is 3. The molecule has 2 N–H and O–H groups in total. The van der Waals surface area contributed by atoms with Gasteiger partial charge in [-0.05, 0) is 24.1 Å². The zero-order chi connectivity index (χ0) is 17.1. The van der Waals surface area contributed by atoms with Crippen LogP contribution in [0.2, 0.25) is 0 Å². The maximum Gasteiger partial charge on any atom is 0.335 e. The number of nitrogens with zero attached hydrogens (tertiary/aromatic N) is 3. The zero-order valence-corrected chi connectivity index (χ0v) is 13.8. The van der Waals surface area contributed by atoms with Crippen LogP contribution in [0.5, 0.6) is 0 Å². The van der Waals surface area contributed by atoms with E-state index < -0.39 is 5.97 Å². The fourth-order valence-electron chi connectivity index (χ4n) is 2.25. The minimum Gasteiger partial charge on any atom is -0.478 e. The standard InChI is InChI=1S/C16H16N4O3S/c1-2-3-12-8-13(21)20-16(18-12)24-15(19-20)17-9-10-4-6-11(7-5-10)14(22)23/h4-8H,2-3,9H2,1H3,(H,17,19)(H,22,23). The fraction of sp³-hybridized carbons (Fsp3) is 0.250. The van der Waals surface area contributed by atoms with Crippen molar-refractivity contribution in [2.75, 3.05) is 5.32 Å². The van der Waals surface area contributed by atoms with E-state index in [2.05, 4.69) is 15.4 Å². The predicted molar refractivity (Wildman–Crippen MR) is 91.9 cm³/mol. The van der Waals surface area contributed by atoms with E-state index in [0.717, 1.165) is 24.1 Å². The molecule has 8 heteroatoms. The molecule has 0 spiro atoms. The third-order valence-electron chi connectivity index (χ3n) is 3.45. The number of carboxylic acid groups (broad SMARTS) is 1. The van der Waals surface area contributed by atoms with Gasteiger partial charge < -0.3 is 10.4 Å². The molecule has 3 rings (SSSR count). The second kappa shape index (κ2) is 6.79. The van der Waals surface area contributed by atoms with Crippen molar-refractivity contribution in [1.29, 1.82) is 0 Å². The third kappa shape index (κ3) is 3.43. The summed E-state index contributed by atoms with van der Waals surface area (Å²) in [5, 5.41) is 16.8. The summed E-state index contributed by atoms with van der Waals surface area (Å²) < 4.78 is 1.29. The Kier molecular flexibility index (Phi) is 4.57. The van der Waals surface area contributed by atoms with Crippen molar-refractivity contribution in [1.82, 2.24) is 14.6 Å². The largest absolute Gasteiger partial charge is 0.478 e. The van der Waals surface area contributed by atoms with Crippen LogP contribution in [0.4, 0.5) is 5.13 Å². The smallest absolute Gasteiger partial charge is 0.335 e. The summed E-state index contributed by atoms with van der Waals surface area (Å²) in [6.45, 7) is 2.52. The molecule has 0 atom stereocenters. The number of rotatable bonds is 6. The van der Waals surface area contributed by atoms with Crippen LogP contribution in [-0.2, 0) is 13.0 Å². The molecule has 0 saturated carbocycles. The number of hydrogen-bond donors (Lipinski definition) is 2. The zero-order valence-electron chi connectivity index (χ0n) is 13.0. The highest BCUT2D eigenvalue weighted by Gasteiger charge is 2.09. The van der Waals surface area contributed by atoms with Gasteiger partial charge in [-0.1, -0.05) is 36.8 Å². The van der Waals surface area contributed by atoms with Crippen LogP contribution in [0.25, 0.3) is 4.96 Å². The quantitative estimate of drug-likeness (QED) is 0.713. The number of carbonyl (C=O) groups is 1. The molecule has 0 radical (unpaired) electrons. The molecular formula is C16H16N4O3S. The number of hydrogen-bond acceptors (Lipinski definition) is 6. The highest BCUT2D eigenvalue weighted by atomic mass is 32.1. The van der Waals surface area contributed by atoms with Gasteiger partial charge >= 0.3 is 5.97 Å². The Balaban J connectivity index is 1.76. The Bertz CT molecular complexity index is 931. The molecule has 7 nitrogen and oxygen atoms in total. The molecule has 24 heavy (non-hydrogen) atoms. The van der Waals surface area contributed by atoms with Crippen LogP contribution in [0.15, 0.2) is 35.1 Å². The first kappa shape index (κ1) is 16.1. The van der Waals surface area contributed by atoms with Crippen molar-refractivity contribution >= 4 is 27.4 Å². The summed E-state index contributed by atoms with van der Waals surface area (Å²) >= 11 is 1.31. The lowest BCUT2D eigenvalue weighted by Gasteiger charge is -2.02. The highest BCUT2D eigenvalue weighted by molar-refractivity contribution is 7.20. The average Bonchev–Trinajstić information content (AvgIpc) is 2.97. The first-order valence-corrected chi connectivity index (χ1v) is 8.34. The van der Waals surface area contributed by atoms with Gasteiger partial charge in [-0.2, -0.15) is 4.52 Å². The van der Waals surface area contributed by atoms with Gasteiger partial charge in [-0.3, -0.25) is 4.79 Å². The van der Waals surface area contributed by atoms with Crippen LogP contribution in [0.1, 0.15) is 35.0 Å². The number of anilines is 1. The first-order valence-electron chi connectivity index (χ1n) is 7.52. The number of benzene rings is 1. The first-order chi connectivity index (χ1) is 11.6. The van der Waals surface area contributed by atoms with E-state index in [1.54, 1.807) is 24.3 Å². The lowest BCUT2D eigenvalue weighted by atomic mass is 10.1. The van der Waals surface area contributed by atoms with Crippen molar-refractivity contribution < 1.29 is 9.90 Å². The molecule has 0 unspecified atom stereocenters. The summed E-state index contributed by atoms with van der Waals surface area (Å²) in [5.74, 6) is -0.950. The molecule has 0 aliphatic carbocycles. The van der Waals surface area contributed by atoms with Crippen LogP contribution < -0.4 is 10.9 Å². The minimum absolute atomic E-state index is 0.182. The van der Waals surface area contributed by atoms with Crippen LogP contribution >= 0.6 is 11.3 Å². The van der Waals surface area contributed by atoms with Crippen LogP contribution in [0.3, 0.4) is 0 Å². The Morgan fingerprint density at radius 1 is 1.33 bits per heavy atom. The molecule has 0 aliphatic rings. The molecule has 0 amide bonds. The topological polar surface area (TPSA) is 96.6 Å². The van der Waals surface area contributed by atoms with E-state index in [0.29, 0.717) is 16.6 Å². The Morgan fingerprint density at radius 2 is 2.08 bits per heavy atom. The third-order valence-corrected chi connectivity index (χ3v) is 4.31. The van der Waals surface area contributed by atoms with Crippen molar-refractivity contribution in [3.63, 3.8) is 0 Å². The van der Waals surface area contributed by atoms with Gasteiger partial charge in [0.15, 0.2) is 0 Å². The number of carboxylic acids is 1. The summed E-state index contributed by atoms with van der Waals surface area (Å²) in [5.41, 5.74) is 1.77. The highest BCUT2D eigenvalue weighted by Crippen LogP contribution is 2.18. The van der Waals surface area contributed by atoms with E-state index in [-0.39, 0.29) is 11.1 Å². The number of fused-ring (bicyclic) bond motifs is 1. The van der Waals surface area contributed by atoms with Gasteiger partial charge in [-0.25, -0.2) is 9.78 Å². The second-order valence-corrected chi connectivity index (χ2v) is 6.25. The lowest BCUT2D eigenvalue weighted by molar-refractivity contribution is 0.0697. The molecule has 2 aromatic heterocycles. The Labute approximate surface area is 141 Å². The summed E-state index contributed by atoms with van der Waals surface area (Å²) in [4.78, 5) is 27.9. The van der Waals surface area contributed by atoms with Crippen molar-refractivity contribution in [2.45, 2.75) is 26.3 Å². The van der Waals surface area contributed by atoms with Gasteiger partial charge in [-0.15, -0.1) is 5.10 Å². The Hall–Kier alpha value is -2.74. The maximum atomic E-state index is 12.0. The monoisotopic (exact) mass is 344 g/mol. The summed E-state index contributed by atoms with van der Waals surface area (Å²) in [6, 6.07) is 8.12. The van der Waals surface area contributed by atoms with Crippen molar-refractivity contribution in [3.05, 3.63) is 57.5 Å². The molecule has 0 fully saturated rings. The lowest BCUT2D eigenvalue weighted by Crippen LogP contribution is -2.15. The molecule has 124 valence electrons. The predicted octanol–water partition coefficient (Wildman–Crippen LogP) is 2.41. The van der Waals surface area contributed by atoms with Crippen molar-refractivity contribution in [3.8, 4) is 0 Å². The van der Waals surface area contributed by atoms with E-state index in [1.165, 1.54) is 21.9 Å². The number of aromatic carboxylic acids is 1. The molecule has 0 aliphatic heterocycles. The molecule has 0 bridgehead atoms. The molecule has 1 aromatic carbocycles. The van der Waals surface area contributed by atoms with Crippen molar-refractivity contribution in [2.24, 2.45) is 0 Å². The Morgan fingerprint density at radius 3 is 2.75 bits per heavy atom. The van der Waals surface area contributed by atoms with Gasteiger partial charge in [0.05, 0.1) is 5.56 Å². The number of nitrogens with one attached hydrogen (secondary N) is 1. The van der Waals surface area contributed by atoms with Crippen LogP contribution in [-0.4, -0.2) is 25.7 Å². The van der Waals surface area contributed by atoms with Crippen LogP contribution in [0, 0.1) is 0 Å². The SMILES string of the molecule is CCCc1cc(=O)n2nc(NCc3ccc(C(=O)O)cc3)sc2n1. The summed E-state index contributed by atoms with van der Waals surface area (Å²) in [7, 11) is 0. The summed E-state index contributed by atoms with van der Waals surface area (Å²) in [6.07, 6.45) is 1.70. The van der Waals surface area contributed by atoms with Gasteiger partial charge in [0.25, 0.3) is 5.56 Å².